The molecular formula is C7H9NO2. The summed E-state index contributed by atoms with van der Waals surface area (Å²) in [6.45, 7) is 2.10. The maximum absolute atomic E-state index is 10.5. The third-order valence-corrected chi connectivity index (χ3v) is 1.11. The second-order valence-electron chi connectivity index (χ2n) is 2.04. The summed E-state index contributed by atoms with van der Waals surface area (Å²) in [6.07, 6.45) is 2.20. The molecule has 3 nitrogen and oxygen atoms in total. The minimum atomic E-state index is -0.0576. The van der Waals surface area contributed by atoms with E-state index in [1.165, 1.54) is 13.2 Å². The Hall–Kier alpha value is -1.21. The zero-order chi connectivity index (χ0) is 7.40. The summed E-state index contributed by atoms with van der Waals surface area (Å²) in [7, 11) is 0. The molecule has 0 fully saturated rings. The Morgan fingerprint density at radius 2 is 2.70 bits per heavy atom. The zero-order valence-corrected chi connectivity index (χ0v) is 5.81. The van der Waals surface area contributed by atoms with Crippen LogP contribution in [0.25, 0.3) is 0 Å². The minimum absolute atomic E-state index is 0.0576. The van der Waals surface area contributed by atoms with Crippen molar-refractivity contribution >= 4 is 5.91 Å². The van der Waals surface area contributed by atoms with Gasteiger partial charge < -0.3 is 10.1 Å². The molecule has 0 bridgehead atoms. The molecule has 0 radical (unpaired) electrons. The van der Waals surface area contributed by atoms with Gasteiger partial charge in [0.2, 0.25) is 5.91 Å². The second kappa shape index (κ2) is 3.08. The van der Waals surface area contributed by atoms with Crippen molar-refractivity contribution in [2.24, 2.45) is 0 Å². The van der Waals surface area contributed by atoms with Crippen molar-refractivity contribution in [3.63, 3.8) is 0 Å². The van der Waals surface area contributed by atoms with E-state index in [1.54, 1.807) is 0 Å². The lowest BCUT2D eigenvalue weighted by Gasteiger charge is -2.07. The first-order valence-electron chi connectivity index (χ1n) is 3.12. The summed E-state index contributed by atoms with van der Waals surface area (Å²) in [5.41, 5.74) is 3.59. The van der Waals surface area contributed by atoms with Crippen LogP contribution in [-0.4, -0.2) is 12.5 Å². The smallest absolute Gasteiger partial charge is 0.221 e. The van der Waals surface area contributed by atoms with Gasteiger partial charge in [-0.1, -0.05) is 5.73 Å². The van der Waals surface area contributed by atoms with Crippen LogP contribution in [0.3, 0.4) is 0 Å². The maximum atomic E-state index is 10.5. The molecule has 0 saturated heterocycles. The van der Waals surface area contributed by atoms with E-state index in [0.717, 1.165) is 12.1 Å². The Morgan fingerprint density at radius 1 is 1.90 bits per heavy atom. The Balaban J connectivity index is 2.54. The summed E-state index contributed by atoms with van der Waals surface area (Å²) in [4.78, 5) is 10.5. The lowest BCUT2D eigenvalue weighted by Crippen LogP contribution is -2.20. The molecule has 1 aliphatic rings. The van der Waals surface area contributed by atoms with E-state index in [2.05, 4.69) is 11.0 Å². The second-order valence-corrected chi connectivity index (χ2v) is 2.04. The molecule has 0 spiro atoms. The third kappa shape index (κ3) is 1.96. The van der Waals surface area contributed by atoms with Crippen molar-refractivity contribution in [3.05, 3.63) is 17.7 Å². The fourth-order valence-corrected chi connectivity index (χ4v) is 0.716. The lowest BCUT2D eigenvalue weighted by molar-refractivity contribution is -0.118. The quantitative estimate of drug-likeness (QED) is 0.538. The highest BCUT2D eigenvalue weighted by Crippen LogP contribution is 2.00. The Morgan fingerprint density at radius 3 is 3.20 bits per heavy atom. The van der Waals surface area contributed by atoms with Gasteiger partial charge >= 0.3 is 0 Å². The number of carbonyl (C=O) groups excluding carboxylic acids is 1. The van der Waals surface area contributed by atoms with E-state index in [1.807, 2.05) is 0 Å². The van der Waals surface area contributed by atoms with Gasteiger partial charge in [0.1, 0.15) is 6.26 Å². The molecule has 1 amide bonds. The highest BCUT2D eigenvalue weighted by Gasteiger charge is 2.00. The first-order valence-corrected chi connectivity index (χ1v) is 3.12. The summed E-state index contributed by atoms with van der Waals surface area (Å²) < 4.78 is 4.87. The molecule has 54 valence electrons. The normalized spacial score (nSPS) is 15.5. The third-order valence-electron chi connectivity index (χ3n) is 1.11. The van der Waals surface area contributed by atoms with E-state index >= 15 is 0 Å². The van der Waals surface area contributed by atoms with Gasteiger partial charge in [0, 0.05) is 13.3 Å². The summed E-state index contributed by atoms with van der Waals surface area (Å²) in [6, 6.07) is 0. The molecule has 0 aromatic carbocycles. The molecule has 0 aliphatic carbocycles. The molecule has 1 aliphatic heterocycles. The molecule has 1 rings (SSSR count). The predicted molar refractivity (Wildman–Crippen MR) is 36.0 cm³/mol. The maximum Gasteiger partial charge on any atom is 0.221 e. The van der Waals surface area contributed by atoms with Crippen LogP contribution in [0.4, 0.5) is 0 Å². The average molecular weight is 139 g/mol. The number of amides is 1. The highest BCUT2D eigenvalue weighted by molar-refractivity contribution is 5.74. The highest BCUT2D eigenvalue weighted by atomic mass is 16.5. The van der Waals surface area contributed by atoms with Gasteiger partial charge in [0.15, 0.2) is 0 Å². The van der Waals surface area contributed by atoms with Crippen LogP contribution in [0.1, 0.15) is 13.3 Å². The van der Waals surface area contributed by atoms with Crippen LogP contribution in [0.2, 0.25) is 0 Å². The zero-order valence-electron chi connectivity index (χ0n) is 5.81. The molecule has 3 heteroatoms. The van der Waals surface area contributed by atoms with Crippen LogP contribution in [0.15, 0.2) is 17.7 Å². The van der Waals surface area contributed by atoms with E-state index < -0.39 is 0 Å². The van der Waals surface area contributed by atoms with Gasteiger partial charge in [-0.3, -0.25) is 4.79 Å². The largest absolute Gasteiger partial charge is 0.493 e. The first-order chi connectivity index (χ1) is 4.79. The summed E-state index contributed by atoms with van der Waals surface area (Å²) in [5, 5.41) is 2.64. The topological polar surface area (TPSA) is 38.3 Å². The number of ether oxygens (including phenoxy) is 1. The van der Waals surface area contributed by atoms with Crippen molar-refractivity contribution < 1.29 is 9.53 Å². The van der Waals surface area contributed by atoms with E-state index in [-0.39, 0.29) is 5.91 Å². The lowest BCUT2D eigenvalue weighted by atomic mass is 10.3. The van der Waals surface area contributed by atoms with Crippen LogP contribution in [-0.2, 0) is 9.53 Å². The number of rotatable bonds is 1. The molecule has 10 heavy (non-hydrogen) atoms. The summed E-state index contributed by atoms with van der Waals surface area (Å²) in [5.74, 6) is -0.0576. The van der Waals surface area contributed by atoms with Crippen LogP contribution < -0.4 is 5.32 Å². The van der Waals surface area contributed by atoms with Crippen LogP contribution in [0.5, 0.6) is 0 Å². The van der Waals surface area contributed by atoms with Crippen LogP contribution in [0, 0.1) is 0 Å². The van der Waals surface area contributed by atoms with Crippen molar-refractivity contribution in [1.82, 2.24) is 5.32 Å². The van der Waals surface area contributed by atoms with Crippen molar-refractivity contribution in [3.8, 4) is 0 Å². The molecule has 0 unspecified atom stereocenters. The van der Waals surface area contributed by atoms with Gasteiger partial charge in [-0.25, -0.2) is 0 Å². The van der Waals surface area contributed by atoms with E-state index in [4.69, 9.17) is 4.74 Å². The van der Waals surface area contributed by atoms with E-state index in [9.17, 15) is 4.79 Å². The van der Waals surface area contributed by atoms with Gasteiger partial charge in [-0.05, 0) is 0 Å². The molecule has 1 N–H and O–H groups in total. The minimum Gasteiger partial charge on any atom is -0.493 e. The Bertz CT molecular complexity index is 202. The van der Waals surface area contributed by atoms with Crippen LogP contribution >= 0.6 is 0 Å². The molecule has 1 heterocycles. The Kier molecular flexibility index (Phi) is 2.13. The van der Waals surface area contributed by atoms with Gasteiger partial charge in [-0.15, -0.1) is 0 Å². The van der Waals surface area contributed by atoms with E-state index in [0.29, 0.717) is 6.61 Å². The molecule has 0 aromatic heterocycles. The average Bonchev–Trinajstić information content (AvgIpc) is 1.88. The number of hydrogen-bond donors (Lipinski definition) is 1. The first kappa shape index (κ1) is 6.90. The fraction of sp³-hybridized carbons (Fsp3) is 0.429. The van der Waals surface area contributed by atoms with Crippen molar-refractivity contribution in [2.75, 3.05) is 6.61 Å². The number of nitrogens with one attached hydrogen (secondary N) is 1. The van der Waals surface area contributed by atoms with Gasteiger partial charge in [0.05, 0.1) is 12.3 Å². The standard InChI is InChI=1S/C7H9NO2/c1-6(9)8-7-2-4-10-5-3-7/h5H,2,4H2,1H3,(H,8,9). The predicted octanol–water partition coefficient (Wildman–Crippen LogP) is 0.539. The molecule has 0 saturated carbocycles. The van der Waals surface area contributed by atoms with Crippen molar-refractivity contribution in [2.45, 2.75) is 13.3 Å². The Labute approximate surface area is 59.4 Å². The molecular weight excluding hydrogens is 130 g/mol. The van der Waals surface area contributed by atoms with Gasteiger partial charge in [0.25, 0.3) is 0 Å². The molecule has 0 aromatic rings. The SMILES string of the molecule is CC(=O)NC1=C=COCC1. The van der Waals surface area contributed by atoms with Gasteiger partial charge in [-0.2, -0.15) is 0 Å². The summed E-state index contributed by atoms with van der Waals surface area (Å²) >= 11 is 0. The number of hydrogen-bond acceptors (Lipinski definition) is 2. The van der Waals surface area contributed by atoms with Crippen molar-refractivity contribution in [1.29, 1.82) is 0 Å². The monoisotopic (exact) mass is 139 g/mol. The fourth-order valence-electron chi connectivity index (χ4n) is 0.716. The number of carbonyl (C=O) groups is 1. The molecule has 0 atom stereocenters.